The van der Waals surface area contributed by atoms with Gasteiger partial charge in [0.25, 0.3) is 17.7 Å². The van der Waals surface area contributed by atoms with Crippen molar-refractivity contribution < 1.29 is 32.0 Å². The molecule has 0 atom stereocenters. The van der Waals surface area contributed by atoms with Gasteiger partial charge in [-0.3, -0.25) is 14.4 Å². The number of hydrogen-bond acceptors (Lipinski definition) is 6. The second kappa shape index (κ2) is 10.8. The summed E-state index contributed by atoms with van der Waals surface area (Å²) in [6.07, 6.45) is -3.17. The summed E-state index contributed by atoms with van der Waals surface area (Å²) in [6.45, 7) is 1.90. The van der Waals surface area contributed by atoms with Crippen molar-refractivity contribution in [1.82, 2.24) is 0 Å². The summed E-state index contributed by atoms with van der Waals surface area (Å²) in [5.41, 5.74) is 1.15. The summed E-state index contributed by atoms with van der Waals surface area (Å²) in [4.78, 5) is 40.7. The van der Waals surface area contributed by atoms with E-state index in [-0.39, 0.29) is 22.0 Å². The van der Waals surface area contributed by atoms with Crippen molar-refractivity contribution in [3.63, 3.8) is 0 Å². The first-order chi connectivity index (χ1) is 19.1. The number of nitrogens with zero attached hydrogens (tertiary/aromatic N) is 1. The number of alkyl halides is 3. The maximum absolute atomic E-state index is 13.5. The van der Waals surface area contributed by atoms with E-state index in [2.05, 4.69) is 10.6 Å². The fourth-order valence-electron chi connectivity index (χ4n) is 3.85. The van der Waals surface area contributed by atoms with Crippen LogP contribution >= 0.6 is 11.8 Å². The summed E-state index contributed by atoms with van der Waals surface area (Å²) < 4.78 is 44.3. The van der Waals surface area contributed by atoms with Crippen LogP contribution < -0.4 is 15.5 Å². The Labute approximate surface area is 230 Å². The quantitative estimate of drug-likeness (QED) is 0.239. The lowest BCUT2D eigenvalue weighted by Gasteiger charge is -2.16. The largest absolute Gasteiger partial charge is 0.459 e. The predicted octanol–water partition coefficient (Wildman–Crippen LogP) is 6.85. The molecule has 1 aliphatic rings. The molecule has 7 nitrogen and oxygen atoms in total. The number of rotatable bonds is 7. The maximum Gasteiger partial charge on any atom is 0.416 e. The smallest absolute Gasteiger partial charge is 0.416 e. The molecule has 4 aromatic rings. The van der Waals surface area contributed by atoms with Crippen molar-refractivity contribution >= 4 is 46.5 Å². The van der Waals surface area contributed by atoms with Gasteiger partial charge < -0.3 is 15.1 Å². The SMILES string of the molecule is Cc1ccc(NC2=C(Sc3ccc(NC(=O)c4ccco4)cc3)C(=O)N(c3ccc(C(F)(F)F)cc3)C2=O)cc1. The molecule has 0 saturated heterocycles. The van der Waals surface area contributed by atoms with Gasteiger partial charge in [-0.1, -0.05) is 29.5 Å². The number of benzene rings is 3. The third-order valence-electron chi connectivity index (χ3n) is 5.89. The zero-order valence-electron chi connectivity index (χ0n) is 20.8. The average molecular weight is 564 g/mol. The molecule has 0 radical (unpaired) electrons. The van der Waals surface area contributed by atoms with Gasteiger partial charge in [0.05, 0.1) is 17.5 Å². The van der Waals surface area contributed by atoms with E-state index < -0.39 is 29.5 Å². The number of amides is 3. The fourth-order valence-corrected chi connectivity index (χ4v) is 4.78. The van der Waals surface area contributed by atoms with Crippen LogP contribution in [0.5, 0.6) is 0 Å². The van der Waals surface area contributed by atoms with E-state index >= 15 is 0 Å². The van der Waals surface area contributed by atoms with Crippen LogP contribution in [0.2, 0.25) is 0 Å². The average Bonchev–Trinajstić information content (AvgIpc) is 3.54. The highest BCUT2D eigenvalue weighted by atomic mass is 32.2. The van der Waals surface area contributed by atoms with Crippen LogP contribution in [0.25, 0.3) is 0 Å². The van der Waals surface area contributed by atoms with E-state index in [1.54, 1.807) is 42.5 Å². The summed E-state index contributed by atoms with van der Waals surface area (Å²) in [5.74, 6) is -1.66. The molecule has 3 amide bonds. The minimum absolute atomic E-state index is 0.00560. The van der Waals surface area contributed by atoms with Gasteiger partial charge in [0.1, 0.15) is 10.6 Å². The lowest BCUT2D eigenvalue weighted by Crippen LogP contribution is -2.32. The highest BCUT2D eigenvalue weighted by molar-refractivity contribution is 8.04. The normalized spacial score (nSPS) is 13.7. The van der Waals surface area contributed by atoms with Gasteiger partial charge in [0.15, 0.2) is 5.76 Å². The number of aryl methyl sites for hydroxylation is 1. The number of furan rings is 1. The van der Waals surface area contributed by atoms with E-state index in [1.807, 2.05) is 19.1 Å². The number of imide groups is 1. The van der Waals surface area contributed by atoms with E-state index in [0.29, 0.717) is 16.3 Å². The number of carbonyl (C=O) groups excluding carboxylic acids is 3. The van der Waals surface area contributed by atoms with Crippen LogP contribution in [0, 0.1) is 6.92 Å². The number of halogens is 3. The van der Waals surface area contributed by atoms with Crippen molar-refractivity contribution in [1.29, 1.82) is 0 Å². The third-order valence-corrected chi connectivity index (χ3v) is 6.98. The molecule has 0 bridgehead atoms. The van der Waals surface area contributed by atoms with Crippen molar-refractivity contribution in [3.8, 4) is 0 Å². The Balaban J connectivity index is 1.42. The van der Waals surface area contributed by atoms with Crippen LogP contribution in [0.3, 0.4) is 0 Å². The maximum atomic E-state index is 13.5. The molecule has 40 heavy (non-hydrogen) atoms. The van der Waals surface area contributed by atoms with Crippen molar-refractivity contribution in [3.05, 3.63) is 119 Å². The van der Waals surface area contributed by atoms with Crippen molar-refractivity contribution in [2.45, 2.75) is 18.0 Å². The summed E-state index contributed by atoms with van der Waals surface area (Å²) in [7, 11) is 0. The number of thioether (sulfide) groups is 1. The molecular weight excluding hydrogens is 543 g/mol. The van der Waals surface area contributed by atoms with Crippen LogP contribution in [-0.2, 0) is 15.8 Å². The molecule has 2 N–H and O–H groups in total. The highest BCUT2D eigenvalue weighted by Gasteiger charge is 2.40. The van der Waals surface area contributed by atoms with Gasteiger partial charge in [-0.25, -0.2) is 4.90 Å². The zero-order chi connectivity index (χ0) is 28.4. The first kappa shape index (κ1) is 26.8. The number of nitrogens with one attached hydrogen (secondary N) is 2. The Hall–Kier alpha value is -4.77. The molecule has 0 unspecified atom stereocenters. The predicted molar refractivity (Wildman–Crippen MR) is 145 cm³/mol. The molecular formula is C29H20F3N3O4S. The molecule has 3 aromatic carbocycles. The Kier molecular flexibility index (Phi) is 7.22. The number of hydrogen-bond donors (Lipinski definition) is 2. The standard InChI is InChI=1S/C29H20F3N3O4S/c1-17-4-8-19(9-5-17)33-24-25(28(38)35(27(24)37)21-12-6-18(7-13-21)29(30,31)32)40-22-14-10-20(11-15-22)34-26(36)23-3-2-16-39-23/h2-16,33H,1H3,(H,34,36). The van der Waals surface area contributed by atoms with Crippen LogP contribution in [0.4, 0.5) is 30.2 Å². The van der Waals surface area contributed by atoms with Gasteiger partial charge in [0.2, 0.25) is 0 Å². The van der Waals surface area contributed by atoms with Gasteiger partial charge in [-0.2, -0.15) is 13.2 Å². The van der Waals surface area contributed by atoms with Gasteiger partial charge in [0, 0.05) is 16.3 Å². The summed E-state index contributed by atoms with van der Waals surface area (Å²) in [5, 5.41) is 5.70. The molecule has 202 valence electrons. The van der Waals surface area contributed by atoms with Crippen LogP contribution in [0.1, 0.15) is 21.7 Å². The van der Waals surface area contributed by atoms with Crippen LogP contribution in [0.15, 0.2) is 111 Å². The monoisotopic (exact) mass is 563 g/mol. The molecule has 1 aromatic heterocycles. The van der Waals surface area contributed by atoms with E-state index in [9.17, 15) is 27.6 Å². The second-order valence-electron chi connectivity index (χ2n) is 8.74. The molecule has 1 aliphatic heterocycles. The number of anilines is 3. The molecule has 0 spiro atoms. The molecule has 0 saturated carbocycles. The zero-order valence-corrected chi connectivity index (χ0v) is 21.6. The van der Waals surface area contributed by atoms with Crippen molar-refractivity contribution in [2.24, 2.45) is 0 Å². The Morgan fingerprint density at radius 1 is 0.850 bits per heavy atom. The Morgan fingerprint density at radius 3 is 2.10 bits per heavy atom. The lowest BCUT2D eigenvalue weighted by atomic mass is 10.2. The van der Waals surface area contributed by atoms with Crippen LogP contribution in [-0.4, -0.2) is 17.7 Å². The van der Waals surface area contributed by atoms with E-state index in [1.165, 1.54) is 12.3 Å². The number of carbonyl (C=O) groups is 3. The minimum Gasteiger partial charge on any atom is -0.459 e. The molecule has 5 rings (SSSR count). The molecule has 2 heterocycles. The van der Waals surface area contributed by atoms with Crippen molar-refractivity contribution in [2.75, 3.05) is 15.5 Å². The highest BCUT2D eigenvalue weighted by Crippen LogP contribution is 2.39. The molecule has 0 aliphatic carbocycles. The molecule has 11 heteroatoms. The minimum atomic E-state index is -4.56. The topological polar surface area (TPSA) is 91.7 Å². The first-order valence-corrected chi connectivity index (χ1v) is 12.7. The second-order valence-corrected chi connectivity index (χ2v) is 9.83. The Bertz CT molecular complexity index is 1600. The summed E-state index contributed by atoms with van der Waals surface area (Å²) >= 11 is 1.02. The molecule has 0 fully saturated rings. The van der Waals surface area contributed by atoms with E-state index in [0.717, 1.165) is 46.5 Å². The summed E-state index contributed by atoms with van der Waals surface area (Å²) in [6, 6.07) is 20.7. The van der Waals surface area contributed by atoms with Gasteiger partial charge >= 0.3 is 6.18 Å². The first-order valence-electron chi connectivity index (χ1n) is 11.9. The van der Waals surface area contributed by atoms with E-state index in [4.69, 9.17) is 4.42 Å². The lowest BCUT2D eigenvalue weighted by molar-refractivity contribution is -0.137. The fraction of sp³-hybridized carbons (Fsp3) is 0.0690. The third kappa shape index (κ3) is 5.64. The Morgan fingerprint density at radius 2 is 1.50 bits per heavy atom. The van der Waals surface area contributed by atoms with Gasteiger partial charge in [-0.05, 0) is 79.7 Å². The van der Waals surface area contributed by atoms with Gasteiger partial charge in [-0.15, -0.1) is 0 Å².